The van der Waals surface area contributed by atoms with Gasteiger partial charge in [-0.2, -0.15) is 0 Å². The van der Waals surface area contributed by atoms with Crippen molar-refractivity contribution in [3.8, 4) is 11.5 Å². The Kier molecular flexibility index (Phi) is 5.28. The highest BCUT2D eigenvalue weighted by Crippen LogP contribution is 2.32. The predicted molar refractivity (Wildman–Crippen MR) is 94.9 cm³/mol. The largest absolute Gasteiger partial charge is 0.454 e. The topological polar surface area (TPSA) is 59.6 Å². The third-order valence-corrected chi connectivity index (χ3v) is 3.87. The van der Waals surface area contributed by atoms with E-state index in [9.17, 15) is 4.79 Å². The molecule has 0 bridgehead atoms. The van der Waals surface area contributed by atoms with E-state index in [1.54, 1.807) is 0 Å². The van der Waals surface area contributed by atoms with E-state index in [4.69, 9.17) is 21.7 Å². The maximum atomic E-state index is 11.9. The van der Waals surface area contributed by atoms with Crippen LogP contribution in [0.1, 0.15) is 17.5 Å². The maximum Gasteiger partial charge on any atom is 0.231 e. The van der Waals surface area contributed by atoms with Gasteiger partial charge in [-0.15, -0.1) is 0 Å². The van der Waals surface area contributed by atoms with Gasteiger partial charge in [-0.3, -0.25) is 4.79 Å². The Hall–Kier alpha value is -2.60. The number of aryl methyl sites for hydroxylation is 1. The van der Waals surface area contributed by atoms with Crippen molar-refractivity contribution >= 4 is 23.2 Å². The van der Waals surface area contributed by atoms with Gasteiger partial charge in [0.05, 0.1) is 0 Å². The Balaban J connectivity index is 1.41. The summed E-state index contributed by atoms with van der Waals surface area (Å²) in [5.41, 5.74) is 2.13. The molecule has 0 radical (unpaired) electrons. The van der Waals surface area contributed by atoms with Crippen molar-refractivity contribution in [2.75, 3.05) is 6.79 Å². The molecule has 5 nitrogen and oxygen atoms in total. The molecule has 3 rings (SSSR count). The minimum atomic E-state index is -0.0953. The standard InChI is InChI=1S/C18H18N2O3S/c21-17(9-7-13-4-2-1-3-5-13)20-18(24)19-11-14-6-8-15-16(10-14)23-12-22-15/h1-6,8,10H,7,9,11-12H2,(H2,19,20,21,24). The number of nitrogens with one attached hydrogen (secondary N) is 2. The van der Waals surface area contributed by atoms with Crippen molar-refractivity contribution in [3.63, 3.8) is 0 Å². The van der Waals surface area contributed by atoms with Crippen LogP contribution in [0.3, 0.4) is 0 Å². The molecule has 0 saturated heterocycles. The summed E-state index contributed by atoms with van der Waals surface area (Å²) in [5, 5.41) is 6.05. The van der Waals surface area contributed by atoms with Gasteiger partial charge >= 0.3 is 0 Å². The van der Waals surface area contributed by atoms with Crippen molar-refractivity contribution in [1.29, 1.82) is 0 Å². The molecule has 124 valence electrons. The molecule has 6 heteroatoms. The molecule has 1 aliphatic heterocycles. The second kappa shape index (κ2) is 7.79. The van der Waals surface area contributed by atoms with Crippen molar-refractivity contribution in [2.45, 2.75) is 19.4 Å². The number of thiocarbonyl (C=S) groups is 1. The zero-order valence-corrected chi connectivity index (χ0v) is 13.9. The molecule has 0 aliphatic carbocycles. The lowest BCUT2D eigenvalue weighted by atomic mass is 10.1. The number of amides is 1. The third kappa shape index (κ3) is 4.45. The van der Waals surface area contributed by atoms with Crippen molar-refractivity contribution < 1.29 is 14.3 Å². The fourth-order valence-corrected chi connectivity index (χ4v) is 2.56. The molecule has 1 aliphatic rings. The SMILES string of the molecule is O=C(CCc1ccccc1)NC(=S)NCc1ccc2c(c1)OCO2. The van der Waals surface area contributed by atoms with Gasteiger partial charge in [-0.1, -0.05) is 36.4 Å². The summed E-state index contributed by atoms with van der Waals surface area (Å²) < 4.78 is 10.6. The Morgan fingerprint density at radius 2 is 1.83 bits per heavy atom. The van der Waals surface area contributed by atoms with Crippen LogP contribution in [0.5, 0.6) is 11.5 Å². The molecule has 2 N–H and O–H groups in total. The van der Waals surface area contributed by atoms with Crippen LogP contribution in [-0.4, -0.2) is 17.8 Å². The summed E-state index contributed by atoms with van der Waals surface area (Å²) in [6.45, 7) is 0.760. The number of hydrogen-bond acceptors (Lipinski definition) is 4. The van der Waals surface area contributed by atoms with Gasteiger partial charge in [0.1, 0.15) is 0 Å². The summed E-state index contributed by atoms with van der Waals surface area (Å²) in [4.78, 5) is 11.9. The number of rotatable bonds is 5. The number of ether oxygens (including phenoxy) is 2. The number of carbonyl (C=O) groups excluding carboxylic acids is 1. The molecular formula is C18H18N2O3S. The highest BCUT2D eigenvalue weighted by molar-refractivity contribution is 7.80. The lowest BCUT2D eigenvalue weighted by Gasteiger charge is -2.10. The Bertz CT molecular complexity index is 734. The highest BCUT2D eigenvalue weighted by Gasteiger charge is 2.13. The van der Waals surface area contributed by atoms with E-state index < -0.39 is 0 Å². The molecule has 1 amide bonds. The lowest BCUT2D eigenvalue weighted by Crippen LogP contribution is -2.38. The fourth-order valence-electron chi connectivity index (χ4n) is 2.37. The summed E-state index contributed by atoms with van der Waals surface area (Å²) in [6.07, 6.45) is 1.09. The first-order valence-corrected chi connectivity index (χ1v) is 8.12. The molecule has 0 fully saturated rings. The monoisotopic (exact) mass is 342 g/mol. The Morgan fingerprint density at radius 1 is 1.04 bits per heavy atom. The average Bonchev–Trinajstić information content (AvgIpc) is 3.07. The second-order valence-electron chi connectivity index (χ2n) is 5.40. The van der Waals surface area contributed by atoms with Gasteiger partial charge in [-0.25, -0.2) is 0 Å². The van der Waals surface area contributed by atoms with Crippen LogP contribution in [0.25, 0.3) is 0 Å². The fraction of sp³-hybridized carbons (Fsp3) is 0.222. The van der Waals surface area contributed by atoms with Crippen molar-refractivity contribution in [1.82, 2.24) is 10.6 Å². The summed E-state index contributed by atoms with van der Waals surface area (Å²) in [5.74, 6) is 1.38. The minimum Gasteiger partial charge on any atom is -0.454 e. The van der Waals surface area contributed by atoms with Crippen LogP contribution in [0.4, 0.5) is 0 Å². The average molecular weight is 342 g/mol. The maximum absolute atomic E-state index is 11.9. The molecule has 2 aromatic rings. The van der Waals surface area contributed by atoms with Gasteiger partial charge in [0.2, 0.25) is 12.7 Å². The zero-order valence-electron chi connectivity index (χ0n) is 13.1. The van der Waals surface area contributed by atoms with Crippen LogP contribution >= 0.6 is 12.2 Å². The van der Waals surface area contributed by atoms with E-state index in [1.807, 2.05) is 48.5 Å². The van der Waals surface area contributed by atoms with Crippen LogP contribution in [0, 0.1) is 0 Å². The van der Waals surface area contributed by atoms with Crippen LogP contribution in [-0.2, 0) is 17.8 Å². The van der Waals surface area contributed by atoms with E-state index in [2.05, 4.69) is 10.6 Å². The van der Waals surface area contributed by atoms with Gasteiger partial charge in [0.15, 0.2) is 16.6 Å². The zero-order chi connectivity index (χ0) is 16.8. The summed E-state index contributed by atoms with van der Waals surface area (Å²) in [7, 11) is 0. The van der Waals surface area contributed by atoms with Gasteiger partial charge in [-0.05, 0) is 41.9 Å². The number of hydrogen-bond donors (Lipinski definition) is 2. The van der Waals surface area contributed by atoms with Crippen molar-refractivity contribution in [2.24, 2.45) is 0 Å². The molecule has 0 saturated carbocycles. The van der Waals surface area contributed by atoms with E-state index in [-0.39, 0.29) is 12.7 Å². The van der Waals surface area contributed by atoms with E-state index in [0.717, 1.165) is 22.6 Å². The van der Waals surface area contributed by atoms with Gasteiger partial charge in [0.25, 0.3) is 0 Å². The molecule has 0 spiro atoms. The highest BCUT2D eigenvalue weighted by atomic mass is 32.1. The number of benzene rings is 2. The first kappa shape index (κ1) is 16.3. The van der Waals surface area contributed by atoms with E-state index >= 15 is 0 Å². The molecule has 0 unspecified atom stereocenters. The smallest absolute Gasteiger partial charge is 0.231 e. The molecule has 0 aromatic heterocycles. The Morgan fingerprint density at radius 3 is 2.67 bits per heavy atom. The quantitative estimate of drug-likeness (QED) is 0.818. The van der Waals surface area contributed by atoms with Gasteiger partial charge < -0.3 is 20.1 Å². The lowest BCUT2D eigenvalue weighted by molar-refractivity contribution is -0.119. The predicted octanol–water partition coefficient (Wildman–Crippen LogP) is 2.54. The van der Waals surface area contributed by atoms with Crippen LogP contribution < -0.4 is 20.1 Å². The summed E-state index contributed by atoms with van der Waals surface area (Å²) in [6, 6.07) is 15.6. The van der Waals surface area contributed by atoms with E-state index in [0.29, 0.717) is 24.5 Å². The molecule has 2 aromatic carbocycles. The van der Waals surface area contributed by atoms with Gasteiger partial charge in [0, 0.05) is 13.0 Å². The molecule has 0 atom stereocenters. The van der Waals surface area contributed by atoms with E-state index in [1.165, 1.54) is 0 Å². The van der Waals surface area contributed by atoms with Crippen LogP contribution in [0.2, 0.25) is 0 Å². The van der Waals surface area contributed by atoms with Crippen LogP contribution in [0.15, 0.2) is 48.5 Å². The molecule has 1 heterocycles. The first-order valence-electron chi connectivity index (χ1n) is 7.71. The number of fused-ring (bicyclic) bond motifs is 1. The second-order valence-corrected chi connectivity index (χ2v) is 5.81. The Labute approximate surface area is 146 Å². The first-order chi connectivity index (χ1) is 11.7. The van der Waals surface area contributed by atoms with Crippen molar-refractivity contribution in [3.05, 3.63) is 59.7 Å². The summed E-state index contributed by atoms with van der Waals surface area (Å²) >= 11 is 5.16. The molecule has 24 heavy (non-hydrogen) atoms. The minimum absolute atomic E-state index is 0.0953. The third-order valence-electron chi connectivity index (χ3n) is 3.63. The molecular weight excluding hydrogens is 324 g/mol. The normalized spacial score (nSPS) is 11.8. The number of carbonyl (C=O) groups is 1.